The van der Waals surface area contributed by atoms with Crippen molar-refractivity contribution >= 4 is 17.9 Å². The second kappa shape index (κ2) is 53.0. The number of allylic oxidation sites excluding steroid dienone is 8. The largest absolute Gasteiger partial charge is 0.462 e. The summed E-state index contributed by atoms with van der Waals surface area (Å²) in [5.41, 5.74) is 0. The van der Waals surface area contributed by atoms with Gasteiger partial charge in [-0.05, 0) is 103 Å². The lowest BCUT2D eigenvalue weighted by Crippen LogP contribution is -2.30. The molecule has 0 saturated carbocycles. The summed E-state index contributed by atoms with van der Waals surface area (Å²) in [6.45, 7) is 6.59. The molecule has 0 bridgehead atoms. The first kappa shape index (κ1) is 61.4. The predicted octanol–water partition coefficient (Wildman–Crippen LogP) is 18.3. The Labute approximate surface area is 397 Å². The summed E-state index contributed by atoms with van der Waals surface area (Å²) in [6, 6.07) is 0. The maximum absolute atomic E-state index is 12.8. The summed E-state index contributed by atoms with van der Waals surface area (Å²) in [5.74, 6) is -0.892. The van der Waals surface area contributed by atoms with Crippen molar-refractivity contribution in [3.63, 3.8) is 0 Å². The topological polar surface area (TPSA) is 78.9 Å². The Bertz CT molecular complexity index is 1120. The van der Waals surface area contributed by atoms with Crippen LogP contribution < -0.4 is 0 Å². The Morgan fingerprint density at radius 1 is 0.312 bits per heavy atom. The molecule has 1 atom stereocenters. The molecule has 0 fully saturated rings. The van der Waals surface area contributed by atoms with E-state index in [0.29, 0.717) is 19.3 Å². The molecule has 6 heteroatoms. The normalized spacial score (nSPS) is 12.4. The highest BCUT2D eigenvalue weighted by Gasteiger charge is 2.19. The Morgan fingerprint density at radius 3 is 0.922 bits per heavy atom. The van der Waals surface area contributed by atoms with Gasteiger partial charge in [0, 0.05) is 19.3 Å². The van der Waals surface area contributed by atoms with E-state index in [9.17, 15) is 14.4 Å². The number of esters is 3. The van der Waals surface area contributed by atoms with Gasteiger partial charge >= 0.3 is 17.9 Å². The zero-order valence-corrected chi connectivity index (χ0v) is 42.6. The van der Waals surface area contributed by atoms with Gasteiger partial charge in [-0.25, -0.2) is 0 Å². The molecule has 372 valence electrons. The van der Waals surface area contributed by atoms with Gasteiger partial charge in [0.05, 0.1) is 0 Å². The maximum Gasteiger partial charge on any atom is 0.306 e. The average Bonchev–Trinajstić information content (AvgIpc) is 3.29. The highest BCUT2D eigenvalue weighted by molar-refractivity contribution is 5.71. The fourth-order valence-electron chi connectivity index (χ4n) is 7.81. The summed E-state index contributed by atoms with van der Waals surface area (Å²) in [5, 5.41) is 0. The highest BCUT2D eigenvalue weighted by atomic mass is 16.6. The molecular formula is C58H104O6. The average molecular weight is 897 g/mol. The van der Waals surface area contributed by atoms with Crippen molar-refractivity contribution in [3.8, 4) is 0 Å². The third-order valence-electron chi connectivity index (χ3n) is 12.0. The van der Waals surface area contributed by atoms with Crippen molar-refractivity contribution in [2.24, 2.45) is 0 Å². The van der Waals surface area contributed by atoms with Gasteiger partial charge in [-0.3, -0.25) is 14.4 Å². The second-order valence-corrected chi connectivity index (χ2v) is 18.5. The summed E-state index contributed by atoms with van der Waals surface area (Å²) in [7, 11) is 0. The van der Waals surface area contributed by atoms with E-state index < -0.39 is 6.10 Å². The van der Waals surface area contributed by atoms with Gasteiger partial charge in [0.1, 0.15) is 13.2 Å². The van der Waals surface area contributed by atoms with E-state index in [2.05, 4.69) is 69.4 Å². The number of unbranched alkanes of at least 4 members (excludes halogenated alkanes) is 31. The number of hydrogen-bond acceptors (Lipinski definition) is 6. The Kier molecular flexibility index (Phi) is 50.8. The molecule has 0 heterocycles. The fraction of sp³-hybridized carbons (Fsp3) is 0.810. The first-order valence-electron chi connectivity index (χ1n) is 27.6. The molecule has 0 spiro atoms. The van der Waals surface area contributed by atoms with Crippen LogP contribution in [0.25, 0.3) is 0 Å². The molecule has 0 N–H and O–H groups in total. The first-order valence-corrected chi connectivity index (χ1v) is 27.6. The molecule has 64 heavy (non-hydrogen) atoms. The number of carbonyl (C=O) groups excluding carboxylic acids is 3. The van der Waals surface area contributed by atoms with Crippen LogP contribution in [0.15, 0.2) is 48.6 Å². The summed E-state index contributed by atoms with van der Waals surface area (Å²) in [4.78, 5) is 38.0. The van der Waals surface area contributed by atoms with Crippen molar-refractivity contribution in [2.45, 2.75) is 290 Å². The van der Waals surface area contributed by atoms with E-state index in [-0.39, 0.29) is 31.1 Å². The highest BCUT2D eigenvalue weighted by Crippen LogP contribution is 2.15. The summed E-state index contributed by atoms with van der Waals surface area (Å²) >= 11 is 0. The van der Waals surface area contributed by atoms with Crippen molar-refractivity contribution in [1.29, 1.82) is 0 Å². The zero-order valence-electron chi connectivity index (χ0n) is 42.6. The van der Waals surface area contributed by atoms with Crippen LogP contribution >= 0.6 is 0 Å². The lowest BCUT2D eigenvalue weighted by molar-refractivity contribution is -0.167. The molecular weight excluding hydrogens is 793 g/mol. The van der Waals surface area contributed by atoms with Crippen molar-refractivity contribution < 1.29 is 28.6 Å². The van der Waals surface area contributed by atoms with E-state index in [4.69, 9.17) is 14.2 Å². The van der Waals surface area contributed by atoms with E-state index in [1.54, 1.807) is 0 Å². The van der Waals surface area contributed by atoms with Crippen LogP contribution in [-0.2, 0) is 28.6 Å². The quantitative estimate of drug-likeness (QED) is 0.0262. The van der Waals surface area contributed by atoms with Gasteiger partial charge in [0.25, 0.3) is 0 Å². The van der Waals surface area contributed by atoms with Crippen LogP contribution in [0.3, 0.4) is 0 Å². The molecule has 0 aromatic carbocycles. The molecule has 6 nitrogen and oxygen atoms in total. The molecule has 1 unspecified atom stereocenters. The van der Waals surface area contributed by atoms with Gasteiger partial charge in [-0.2, -0.15) is 0 Å². The molecule has 0 aromatic rings. The number of hydrogen-bond donors (Lipinski definition) is 0. The standard InChI is InChI=1S/C58H104O6/c1-4-7-10-13-16-19-22-25-27-28-29-30-31-34-36-39-42-45-48-51-57(60)63-54-55(53-62-56(59)50-47-44-41-38-35-32-24-21-18-15-12-9-6-3)64-58(61)52-49-46-43-40-37-33-26-23-20-17-14-11-8-5-2/h16,19,21,23-27,55H,4-15,17-18,20,22,28-54H2,1-3H3/b19-16-,24-21-,26-23-,27-25-. The molecule has 0 aromatic heterocycles. The zero-order chi connectivity index (χ0) is 46.5. The Balaban J connectivity index is 4.36. The number of carbonyl (C=O) groups is 3. The molecule has 0 rings (SSSR count). The second-order valence-electron chi connectivity index (χ2n) is 18.5. The van der Waals surface area contributed by atoms with Crippen molar-refractivity contribution in [2.75, 3.05) is 13.2 Å². The van der Waals surface area contributed by atoms with Crippen molar-refractivity contribution in [1.82, 2.24) is 0 Å². The van der Waals surface area contributed by atoms with Crippen LogP contribution in [0.4, 0.5) is 0 Å². The fourth-order valence-corrected chi connectivity index (χ4v) is 7.81. The minimum absolute atomic E-state index is 0.0801. The van der Waals surface area contributed by atoms with Crippen LogP contribution in [-0.4, -0.2) is 37.2 Å². The summed E-state index contributed by atoms with van der Waals surface area (Å²) in [6.07, 6.45) is 63.8. The Morgan fingerprint density at radius 2 is 0.562 bits per heavy atom. The minimum Gasteiger partial charge on any atom is -0.462 e. The summed E-state index contributed by atoms with van der Waals surface area (Å²) < 4.78 is 16.8. The number of ether oxygens (including phenoxy) is 3. The molecule has 0 aliphatic rings. The van der Waals surface area contributed by atoms with Gasteiger partial charge < -0.3 is 14.2 Å². The van der Waals surface area contributed by atoms with Gasteiger partial charge in [-0.1, -0.05) is 211 Å². The van der Waals surface area contributed by atoms with E-state index >= 15 is 0 Å². The molecule has 0 aliphatic heterocycles. The van der Waals surface area contributed by atoms with E-state index in [1.807, 2.05) is 0 Å². The first-order chi connectivity index (χ1) is 31.5. The predicted molar refractivity (Wildman–Crippen MR) is 275 cm³/mol. The third kappa shape index (κ3) is 50.4. The third-order valence-corrected chi connectivity index (χ3v) is 12.0. The van der Waals surface area contributed by atoms with Crippen LogP contribution in [0.2, 0.25) is 0 Å². The van der Waals surface area contributed by atoms with Gasteiger partial charge in [-0.15, -0.1) is 0 Å². The SMILES string of the molecule is CCCCC/C=C\C/C=C\CCCCCCCCCCCC(=O)OCC(COC(=O)CCCCCCC/C=C\CCCCCC)OC(=O)CCCCCCC/C=C\CCCCCCC. The molecule has 0 saturated heterocycles. The number of rotatable bonds is 50. The Hall–Kier alpha value is -2.63. The van der Waals surface area contributed by atoms with Crippen LogP contribution in [0, 0.1) is 0 Å². The smallest absolute Gasteiger partial charge is 0.306 e. The molecule has 0 aliphatic carbocycles. The van der Waals surface area contributed by atoms with E-state index in [0.717, 1.165) is 83.5 Å². The van der Waals surface area contributed by atoms with Crippen molar-refractivity contribution in [3.05, 3.63) is 48.6 Å². The van der Waals surface area contributed by atoms with Gasteiger partial charge in [0.15, 0.2) is 6.10 Å². The lowest BCUT2D eigenvalue weighted by Gasteiger charge is -2.18. The minimum atomic E-state index is -0.781. The van der Waals surface area contributed by atoms with Crippen LogP contribution in [0.1, 0.15) is 284 Å². The van der Waals surface area contributed by atoms with Gasteiger partial charge in [0.2, 0.25) is 0 Å². The maximum atomic E-state index is 12.8. The molecule has 0 radical (unpaired) electrons. The van der Waals surface area contributed by atoms with Crippen LogP contribution in [0.5, 0.6) is 0 Å². The molecule has 0 amide bonds. The monoisotopic (exact) mass is 897 g/mol. The lowest BCUT2D eigenvalue weighted by atomic mass is 10.1. The van der Waals surface area contributed by atoms with E-state index in [1.165, 1.54) is 161 Å².